The summed E-state index contributed by atoms with van der Waals surface area (Å²) in [7, 11) is 0. The fourth-order valence-corrected chi connectivity index (χ4v) is 1.04. The first-order valence-corrected chi connectivity index (χ1v) is 3.10. The normalized spacial score (nSPS) is 36.3. The molecule has 9 heavy (non-hydrogen) atoms. The van der Waals surface area contributed by atoms with E-state index in [4.69, 9.17) is 5.11 Å². The highest BCUT2D eigenvalue weighted by atomic mass is 19.2. The highest BCUT2D eigenvalue weighted by molar-refractivity contribution is 4.90. The Kier molecular flexibility index (Phi) is 2.01. The summed E-state index contributed by atoms with van der Waals surface area (Å²) in [6.45, 7) is -0.897. The van der Waals surface area contributed by atoms with Crippen LogP contribution in [-0.2, 0) is 0 Å². The van der Waals surface area contributed by atoms with Gasteiger partial charge in [0.15, 0.2) is 0 Å². The molecule has 1 aliphatic rings. The standard InChI is InChI=1S/C6H10F2O/c7-2-6(8)5-1-4(5)3-9/h4-6,9H,1-3H2. The van der Waals surface area contributed by atoms with E-state index >= 15 is 0 Å². The monoisotopic (exact) mass is 136 g/mol. The molecular weight excluding hydrogens is 126 g/mol. The molecule has 1 aliphatic carbocycles. The molecule has 0 spiro atoms. The van der Waals surface area contributed by atoms with Gasteiger partial charge in [0.05, 0.1) is 0 Å². The van der Waals surface area contributed by atoms with Crippen molar-refractivity contribution in [3.63, 3.8) is 0 Å². The third-order valence-electron chi connectivity index (χ3n) is 1.82. The Labute approximate surface area is 52.7 Å². The van der Waals surface area contributed by atoms with Gasteiger partial charge < -0.3 is 5.11 Å². The van der Waals surface area contributed by atoms with Crippen LogP contribution in [0.2, 0.25) is 0 Å². The minimum atomic E-state index is -1.33. The summed E-state index contributed by atoms with van der Waals surface area (Å²) in [4.78, 5) is 0. The van der Waals surface area contributed by atoms with E-state index in [0.29, 0.717) is 6.42 Å². The van der Waals surface area contributed by atoms with Crippen molar-refractivity contribution in [2.45, 2.75) is 12.6 Å². The molecule has 3 atom stereocenters. The zero-order valence-corrected chi connectivity index (χ0v) is 5.06. The van der Waals surface area contributed by atoms with Crippen LogP contribution in [0.1, 0.15) is 6.42 Å². The van der Waals surface area contributed by atoms with E-state index < -0.39 is 12.8 Å². The molecule has 1 rings (SSSR count). The van der Waals surface area contributed by atoms with Gasteiger partial charge in [-0.3, -0.25) is 0 Å². The summed E-state index contributed by atoms with van der Waals surface area (Å²) in [5, 5.41) is 8.43. The van der Waals surface area contributed by atoms with Crippen LogP contribution in [0, 0.1) is 11.8 Å². The molecule has 0 aromatic heterocycles. The van der Waals surface area contributed by atoms with Crippen LogP contribution in [0.15, 0.2) is 0 Å². The molecule has 0 heterocycles. The molecule has 0 amide bonds. The number of aliphatic hydroxyl groups excluding tert-OH is 1. The predicted octanol–water partition coefficient (Wildman–Crippen LogP) is 0.922. The Morgan fingerprint density at radius 2 is 2.33 bits per heavy atom. The minimum Gasteiger partial charge on any atom is -0.396 e. The maximum atomic E-state index is 12.3. The molecular formula is C6H10F2O. The Bertz CT molecular complexity index is 97.1. The average Bonchev–Trinajstić information content (AvgIpc) is 2.64. The van der Waals surface area contributed by atoms with Crippen molar-refractivity contribution in [2.75, 3.05) is 13.3 Å². The van der Waals surface area contributed by atoms with E-state index in [9.17, 15) is 8.78 Å². The molecule has 1 nitrogen and oxygen atoms in total. The lowest BCUT2D eigenvalue weighted by molar-refractivity contribution is 0.203. The second-order valence-corrected chi connectivity index (χ2v) is 2.51. The maximum absolute atomic E-state index is 12.3. The first-order chi connectivity index (χ1) is 4.29. The zero-order chi connectivity index (χ0) is 6.85. The van der Waals surface area contributed by atoms with Gasteiger partial charge in [-0.2, -0.15) is 0 Å². The van der Waals surface area contributed by atoms with Gasteiger partial charge in [0.1, 0.15) is 12.8 Å². The number of aliphatic hydroxyl groups is 1. The first kappa shape index (κ1) is 6.93. The van der Waals surface area contributed by atoms with Crippen LogP contribution in [0.4, 0.5) is 8.78 Å². The Morgan fingerprint density at radius 1 is 1.67 bits per heavy atom. The van der Waals surface area contributed by atoms with Gasteiger partial charge >= 0.3 is 0 Å². The predicted molar refractivity (Wildman–Crippen MR) is 29.6 cm³/mol. The van der Waals surface area contributed by atoms with Crippen LogP contribution in [0.5, 0.6) is 0 Å². The third-order valence-corrected chi connectivity index (χ3v) is 1.82. The molecule has 1 fully saturated rings. The van der Waals surface area contributed by atoms with Crippen LogP contribution >= 0.6 is 0 Å². The van der Waals surface area contributed by atoms with E-state index in [1.165, 1.54) is 0 Å². The van der Waals surface area contributed by atoms with Crippen molar-refractivity contribution in [2.24, 2.45) is 11.8 Å². The molecule has 3 unspecified atom stereocenters. The van der Waals surface area contributed by atoms with Gasteiger partial charge in [-0.15, -0.1) is 0 Å². The summed E-state index contributed by atoms with van der Waals surface area (Å²) < 4.78 is 23.8. The molecule has 0 aromatic rings. The van der Waals surface area contributed by atoms with Gasteiger partial charge in [-0.05, 0) is 18.3 Å². The molecule has 1 saturated carbocycles. The average molecular weight is 136 g/mol. The van der Waals surface area contributed by atoms with E-state index in [0.717, 1.165) is 0 Å². The largest absolute Gasteiger partial charge is 0.396 e. The molecule has 0 aliphatic heterocycles. The van der Waals surface area contributed by atoms with Crippen molar-refractivity contribution < 1.29 is 13.9 Å². The first-order valence-electron chi connectivity index (χ1n) is 3.10. The van der Waals surface area contributed by atoms with Crippen molar-refractivity contribution >= 4 is 0 Å². The zero-order valence-electron chi connectivity index (χ0n) is 5.06. The number of hydrogen-bond acceptors (Lipinski definition) is 1. The van der Waals surface area contributed by atoms with Crippen LogP contribution in [-0.4, -0.2) is 24.6 Å². The molecule has 1 N–H and O–H groups in total. The second kappa shape index (κ2) is 2.60. The Balaban J connectivity index is 2.17. The van der Waals surface area contributed by atoms with Crippen molar-refractivity contribution in [1.82, 2.24) is 0 Å². The highest BCUT2D eigenvalue weighted by Crippen LogP contribution is 2.41. The van der Waals surface area contributed by atoms with E-state index in [2.05, 4.69) is 0 Å². The molecule has 3 heteroatoms. The van der Waals surface area contributed by atoms with Crippen LogP contribution in [0.25, 0.3) is 0 Å². The Morgan fingerprint density at radius 3 is 2.67 bits per heavy atom. The lowest BCUT2D eigenvalue weighted by atomic mass is 10.2. The SMILES string of the molecule is OCC1CC1C(F)CF. The molecule has 0 bridgehead atoms. The molecule has 0 saturated heterocycles. The second-order valence-electron chi connectivity index (χ2n) is 2.51. The van der Waals surface area contributed by atoms with Crippen LogP contribution < -0.4 is 0 Å². The number of alkyl halides is 2. The molecule has 0 radical (unpaired) electrons. The Hall–Kier alpha value is -0.180. The number of hydrogen-bond donors (Lipinski definition) is 1. The molecule has 54 valence electrons. The van der Waals surface area contributed by atoms with Crippen molar-refractivity contribution in [3.8, 4) is 0 Å². The van der Waals surface area contributed by atoms with Gasteiger partial charge in [-0.1, -0.05) is 0 Å². The number of halogens is 2. The van der Waals surface area contributed by atoms with Crippen molar-refractivity contribution in [3.05, 3.63) is 0 Å². The van der Waals surface area contributed by atoms with Gasteiger partial charge in [0.2, 0.25) is 0 Å². The summed E-state index contributed by atoms with van der Waals surface area (Å²) in [5.41, 5.74) is 0. The van der Waals surface area contributed by atoms with E-state index in [1.807, 2.05) is 0 Å². The summed E-state index contributed by atoms with van der Waals surface area (Å²) >= 11 is 0. The smallest absolute Gasteiger partial charge is 0.131 e. The maximum Gasteiger partial charge on any atom is 0.131 e. The van der Waals surface area contributed by atoms with E-state index in [-0.39, 0.29) is 18.4 Å². The third kappa shape index (κ3) is 1.39. The topological polar surface area (TPSA) is 20.2 Å². The minimum absolute atomic E-state index is 0.00505. The number of rotatable bonds is 3. The van der Waals surface area contributed by atoms with Crippen LogP contribution in [0.3, 0.4) is 0 Å². The van der Waals surface area contributed by atoms with E-state index in [1.54, 1.807) is 0 Å². The fourth-order valence-electron chi connectivity index (χ4n) is 1.04. The summed E-state index contributed by atoms with van der Waals surface area (Å²) in [6, 6.07) is 0. The van der Waals surface area contributed by atoms with Crippen molar-refractivity contribution in [1.29, 1.82) is 0 Å². The summed E-state index contributed by atoms with van der Waals surface area (Å²) in [5.74, 6) is -0.157. The van der Waals surface area contributed by atoms with Gasteiger partial charge in [-0.25, -0.2) is 8.78 Å². The lowest BCUT2D eigenvalue weighted by Gasteiger charge is -1.98. The van der Waals surface area contributed by atoms with Gasteiger partial charge in [0.25, 0.3) is 0 Å². The quantitative estimate of drug-likeness (QED) is 0.611. The van der Waals surface area contributed by atoms with Gasteiger partial charge in [0, 0.05) is 6.61 Å². The molecule has 0 aromatic carbocycles. The summed E-state index contributed by atoms with van der Waals surface area (Å²) in [6.07, 6.45) is -0.677. The lowest BCUT2D eigenvalue weighted by Crippen LogP contribution is -2.07. The fraction of sp³-hybridized carbons (Fsp3) is 1.00. The highest BCUT2D eigenvalue weighted by Gasteiger charge is 2.42.